The van der Waals surface area contributed by atoms with Gasteiger partial charge in [-0.3, -0.25) is 14.6 Å². The van der Waals surface area contributed by atoms with E-state index < -0.39 is 17.2 Å². The van der Waals surface area contributed by atoms with Crippen molar-refractivity contribution in [2.45, 2.75) is 44.2 Å². The van der Waals surface area contributed by atoms with Gasteiger partial charge in [0.15, 0.2) is 0 Å². The second-order valence-electron chi connectivity index (χ2n) is 8.08. The minimum Gasteiger partial charge on any atom is -0.375 e. The molecule has 1 fully saturated rings. The number of aromatic amines is 2. The van der Waals surface area contributed by atoms with E-state index in [9.17, 15) is 18.8 Å². The van der Waals surface area contributed by atoms with Crippen LogP contribution in [-0.2, 0) is 6.54 Å². The molecule has 4 N–H and O–H groups in total. The van der Waals surface area contributed by atoms with Gasteiger partial charge in [0.05, 0.1) is 0 Å². The largest absolute Gasteiger partial charge is 0.375 e. The maximum absolute atomic E-state index is 13.1. The van der Waals surface area contributed by atoms with Crippen molar-refractivity contribution < 1.29 is 9.18 Å². The van der Waals surface area contributed by atoms with Crippen LogP contribution in [0.5, 0.6) is 0 Å². The van der Waals surface area contributed by atoms with Gasteiger partial charge in [0.25, 0.3) is 11.5 Å². The number of nitrogens with one attached hydrogen (secondary N) is 4. The predicted octanol–water partition coefficient (Wildman–Crippen LogP) is 3.27. The molecule has 1 aliphatic carbocycles. The third kappa shape index (κ3) is 5.14. The summed E-state index contributed by atoms with van der Waals surface area (Å²) in [5, 5.41) is 5.88. The van der Waals surface area contributed by atoms with Crippen LogP contribution in [0.25, 0.3) is 0 Å². The summed E-state index contributed by atoms with van der Waals surface area (Å²) in [5.41, 5.74) is 0.397. The number of halogens is 1. The van der Waals surface area contributed by atoms with Crippen molar-refractivity contribution in [3.8, 4) is 0 Å². The zero-order valence-electron chi connectivity index (χ0n) is 17.5. The average Bonchev–Trinajstić information content (AvgIpc) is 2.80. The van der Waals surface area contributed by atoms with E-state index in [0.717, 1.165) is 31.2 Å². The zero-order chi connectivity index (χ0) is 22.5. The smallest absolute Gasteiger partial charge is 0.326 e. The van der Waals surface area contributed by atoms with E-state index in [1.54, 1.807) is 12.1 Å². The van der Waals surface area contributed by atoms with E-state index in [2.05, 4.69) is 32.7 Å². The van der Waals surface area contributed by atoms with Crippen molar-refractivity contribution >= 4 is 11.6 Å². The molecule has 8 heteroatoms. The van der Waals surface area contributed by atoms with E-state index >= 15 is 0 Å². The van der Waals surface area contributed by atoms with Gasteiger partial charge in [-0.05, 0) is 48.4 Å². The summed E-state index contributed by atoms with van der Waals surface area (Å²) in [4.78, 5) is 41.8. The van der Waals surface area contributed by atoms with Crippen molar-refractivity contribution in [2.75, 3.05) is 5.32 Å². The van der Waals surface area contributed by atoms with Gasteiger partial charge in [-0.25, -0.2) is 9.18 Å². The van der Waals surface area contributed by atoms with Gasteiger partial charge in [0.2, 0.25) is 0 Å². The first-order valence-corrected chi connectivity index (χ1v) is 10.7. The number of amides is 1. The fourth-order valence-corrected chi connectivity index (χ4v) is 4.22. The molecule has 0 spiro atoms. The molecule has 2 unspecified atom stereocenters. The first-order chi connectivity index (χ1) is 15.5. The summed E-state index contributed by atoms with van der Waals surface area (Å²) >= 11 is 0. The average molecular weight is 436 g/mol. The molecule has 32 heavy (non-hydrogen) atoms. The van der Waals surface area contributed by atoms with Crippen molar-refractivity contribution in [3.63, 3.8) is 0 Å². The number of aromatic nitrogens is 2. The summed E-state index contributed by atoms with van der Waals surface area (Å²) < 4.78 is 13.1. The maximum Gasteiger partial charge on any atom is 0.326 e. The lowest BCUT2D eigenvalue weighted by atomic mass is 9.81. The van der Waals surface area contributed by atoms with E-state index in [0.29, 0.717) is 5.92 Å². The molecule has 1 aromatic heterocycles. The Labute approximate surface area is 184 Å². The molecule has 0 radical (unpaired) electrons. The summed E-state index contributed by atoms with van der Waals surface area (Å²) in [6.07, 6.45) is 3.66. The van der Waals surface area contributed by atoms with Crippen LogP contribution < -0.4 is 21.9 Å². The normalized spacial score (nSPS) is 18.2. The second kappa shape index (κ2) is 9.64. The highest BCUT2D eigenvalue weighted by molar-refractivity contribution is 5.97. The van der Waals surface area contributed by atoms with E-state index in [1.165, 1.54) is 17.7 Å². The molecule has 1 aliphatic rings. The number of carbonyl (C=O) groups is 1. The van der Waals surface area contributed by atoms with Crippen LogP contribution in [0.3, 0.4) is 0 Å². The lowest BCUT2D eigenvalue weighted by molar-refractivity contribution is 0.0920. The number of hydrogen-bond acceptors (Lipinski definition) is 4. The van der Waals surface area contributed by atoms with Gasteiger partial charge in [-0.15, -0.1) is 0 Å². The van der Waals surface area contributed by atoms with Crippen molar-refractivity contribution in [1.29, 1.82) is 0 Å². The fraction of sp³-hybridized carbons (Fsp3) is 0.292. The van der Waals surface area contributed by atoms with Crippen LogP contribution in [0.1, 0.15) is 53.2 Å². The molecule has 3 aromatic rings. The number of rotatable bonds is 6. The van der Waals surface area contributed by atoms with Crippen LogP contribution in [0.15, 0.2) is 64.2 Å². The van der Waals surface area contributed by atoms with Crippen molar-refractivity contribution in [2.24, 2.45) is 0 Å². The molecule has 0 saturated heterocycles. The van der Waals surface area contributed by atoms with Gasteiger partial charge in [-0.1, -0.05) is 48.9 Å². The molecule has 0 aliphatic heterocycles. The maximum atomic E-state index is 13.1. The van der Waals surface area contributed by atoms with Crippen LogP contribution in [-0.4, -0.2) is 21.9 Å². The first kappa shape index (κ1) is 21.5. The molecule has 1 amide bonds. The minimum atomic E-state index is -0.752. The van der Waals surface area contributed by atoms with Crippen LogP contribution in [0.2, 0.25) is 0 Å². The minimum absolute atomic E-state index is 0.0261. The molecule has 2 aromatic carbocycles. The number of hydrogen-bond donors (Lipinski definition) is 4. The van der Waals surface area contributed by atoms with E-state index in [1.807, 2.05) is 18.2 Å². The Morgan fingerprint density at radius 2 is 1.75 bits per heavy atom. The standard InChI is InChI=1S/C24H25FN4O3/c25-18-11-9-15(10-12-18)14-26-20-21(28-24(32)29-22(20)30)23(31)27-19-8-4-7-17(13-19)16-5-2-1-3-6-16/h1-3,5-6,9-12,17,19,26H,4,7-8,13-14H2,(H,27,31)(H2,28,29,30,32). The third-order valence-corrected chi connectivity index (χ3v) is 5.83. The molecule has 4 rings (SSSR count). The molecule has 1 heterocycles. The summed E-state index contributed by atoms with van der Waals surface area (Å²) in [6.45, 7) is 0.190. The molecule has 1 saturated carbocycles. The van der Waals surface area contributed by atoms with Crippen molar-refractivity contribution in [1.82, 2.24) is 15.3 Å². The molecule has 166 valence electrons. The van der Waals surface area contributed by atoms with E-state index in [-0.39, 0.29) is 29.8 Å². The quantitative estimate of drug-likeness (QED) is 0.476. The van der Waals surface area contributed by atoms with Crippen LogP contribution in [0.4, 0.5) is 10.1 Å². The highest BCUT2D eigenvalue weighted by Gasteiger charge is 2.26. The summed E-state index contributed by atoms with van der Waals surface area (Å²) in [5.74, 6) is -0.518. The molecular weight excluding hydrogens is 411 g/mol. The Kier molecular flexibility index (Phi) is 6.49. The summed E-state index contributed by atoms with van der Waals surface area (Å²) in [6, 6.07) is 15.9. The highest BCUT2D eigenvalue weighted by Crippen LogP contribution is 2.32. The molecular formula is C24H25FN4O3. The Morgan fingerprint density at radius 3 is 2.50 bits per heavy atom. The van der Waals surface area contributed by atoms with Gasteiger partial charge < -0.3 is 15.6 Å². The topological polar surface area (TPSA) is 107 Å². The lowest BCUT2D eigenvalue weighted by Gasteiger charge is -2.30. The lowest BCUT2D eigenvalue weighted by Crippen LogP contribution is -2.40. The third-order valence-electron chi connectivity index (χ3n) is 5.83. The monoisotopic (exact) mass is 436 g/mol. The van der Waals surface area contributed by atoms with Gasteiger partial charge in [0, 0.05) is 12.6 Å². The number of benzene rings is 2. The Hall–Kier alpha value is -3.68. The number of carbonyl (C=O) groups excluding carboxylic acids is 1. The fourth-order valence-electron chi connectivity index (χ4n) is 4.22. The zero-order valence-corrected chi connectivity index (χ0v) is 17.5. The van der Waals surface area contributed by atoms with Gasteiger partial charge in [0.1, 0.15) is 17.2 Å². The van der Waals surface area contributed by atoms with Crippen LogP contribution >= 0.6 is 0 Å². The molecule has 7 nitrogen and oxygen atoms in total. The molecule has 0 bridgehead atoms. The van der Waals surface area contributed by atoms with Crippen LogP contribution in [0, 0.1) is 5.82 Å². The summed E-state index contributed by atoms with van der Waals surface area (Å²) in [7, 11) is 0. The Bertz CT molecular complexity index is 1190. The highest BCUT2D eigenvalue weighted by atomic mass is 19.1. The molecule has 2 atom stereocenters. The number of H-pyrrole nitrogens is 2. The Balaban J connectivity index is 1.49. The first-order valence-electron chi connectivity index (χ1n) is 10.7. The Morgan fingerprint density at radius 1 is 1.00 bits per heavy atom. The van der Waals surface area contributed by atoms with Gasteiger partial charge in [-0.2, -0.15) is 0 Å². The van der Waals surface area contributed by atoms with E-state index in [4.69, 9.17) is 0 Å². The number of anilines is 1. The predicted molar refractivity (Wildman–Crippen MR) is 120 cm³/mol. The second-order valence-corrected chi connectivity index (χ2v) is 8.08. The van der Waals surface area contributed by atoms with Gasteiger partial charge >= 0.3 is 5.69 Å². The van der Waals surface area contributed by atoms with Crippen molar-refractivity contribution in [3.05, 3.63) is 98.1 Å². The SMILES string of the molecule is O=C(NC1CCCC(c2ccccc2)C1)c1[nH]c(=O)[nH]c(=O)c1NCc1ccc(F)cc1.